The van der Waals surface area contributed by atoms with E-state index in [-0.39, 0.29) is 42.4 Å². The van der Waals surface area contributed by atoms with Gasteiger partial charge in [0.1, 0.15) is 0 Å². The van der Waals surface area contributed by atoms with Crippen LogP contribution in [0.2, 0.25) is 0 Å². The fourth-order valence-electron chi connectivity index (χ4n) is 2.48. The van der Waals surface area contributed by atoms with Crippen molar-refractivity contribution >= 4 is 18.3 Å². The Balaban J connectivity index is 0.00000220. The summed E-state index contributed by atoms with van der Waals surface area (Å²) < 4.78 is 5.74. The van der Waals surface area contributed by atoms with Gasteiger partial charge in [-0.15, -0.1) is 12.4 Å². The van der Waals surface area contributed by atoms with Gasteiger partial charge in [0.25, 0.3) is 0 Å². The summed E-state index contributed by atoms with van der Waals surface area (Å²) in [6, 6.07) is 9.89. The second-order valence-electron chi connectivity index (χ2n) is 5.71. The first-order chi connectivity index (χ1) is 9.50. The standard InChI is InChI=1S/C16H24N2O2.ClH/c1-11-9-18(16(19)12(2)13(3)17)15(10-20-11)14-7-5-4-6-8-14;/h4-8,11-13,15H,9-10,17H2,1-3H3;1H. The smallest absolute Gasteiger partial charge is 0.227 e. The molecule has 1 aromatic rings. The number of rotatable bonds is 3. The van der Waals surface area contributed by atoms with Crippen LogP contribution in [0.5, 0.6) is 0 Å². The molecule has 0 bridgehead atoms. The second kappa shape index (κ2) is 7.78. The van der Waals surface area contributed by atoms with Crippen LogP contribution in [0.3, 0.4) is 0 Å². The molecule has 0 aromatic heterocycles. The van der Waals surface area contributed by atoms with Gasteiger partial charge in [-0.05, 0) is 19.4 Å². The molecule has 4 nitrogen and oxygen atoms in total. The Hall–Kier alpha value is -1.10. The maximum atomic E-state index is 12.7. The second-order valence-corrected chi connectivity index (χ2v) is 5.71. The number of nitrogens with zero attached hydrogens (tertiary/aromatic N) is 1. The highest BCUT2D eigenvalue weighted by atomic mass is 35.5. The number of ether oxygens (including phenoxy) is 1. The van der Waals surface area contributed by atoms with Gasteiger partial charge in [-0.2, -0.15) is 0 Å². The molecule has 5 heteroatoms. The molecule has 1 aromatic carbocycles. The Bertz CT molecular complexity index is 453. The lowest BCUT2D eigenvalue weighted by atomic mass is 9.98. The van der Waals surface area contributed by atoms with Gasteiger partial charge in [0.05, 0.1) is 24.7 Å². The maximum Gasteiger partial charge on any atom is 0.227 e. The summed E-state index contributed by atoms with van der Waals surface area (Å²) in [4.78, 5) is 14.6. The number of nitrogens with two attached hydrogens (primary N) is 1. The number of halogens is 1. The van der Waals surface area contributed by atoms with Gasteiger partial charge >= 0.3 is 0 Å². The van der Waals surface area contributed by atoms with Crippen molar-refractivity contribution in [2.45, 2.75) is 39.0 Å². The molecule has 0 aliphatic carbocycles. The first-order valence-corrected chi connectivity index (χ1v) is 7.23. The van der Waals surface area contributed by atoms with Gasteiger partial charge in [-0.1, -0.05) is 37.3 Å². The van der Waals surface area contributed by atoms with Gasteiger partial charge in [-0.25, -0.2) is 0 Å². The van der Waals surface area contributed by atoms with Crippen molar-refractivity contribution in [1.29, 1.82) is 0 Å². The third kappa shape index (κ3) is 4.19. The molecular weight excluding hydrogens is 288 g/mol. The highest BCUT2D eigenvalue weighted by Crippen LogP contribution is 2.28. The molecule has 1 aliphatic rings. The molecule has 1 fully saturated rings. The molecule has 21 heavy (non-hydrogen) atoms. The molecule has 4 atom stereocenters. The zero-order valence-electron chi connectivity index (χ0n) is 12.9. The first-order valence-electron chi connectivity index (χ1n) is 7.23. The highest BCUT2D eigenvalue weighted by molar-refractivity contribution is 5.85. The van der Waals surface area contributed by atoms with Gasteiger partial charge < -0.3 is 15.4 Å². The van der Waals surface area contributed by atoms with E-state index in [2.05, 4.69) is 0 Å². The molecular formula is C16H25ClN2O2. The van der Waals surface area contributed by atoms with E-state index in [1.54, 1.807) is 0 Å². The average molecular weight is 313 g/mol. The van der Waals surface area contributed by atoms with Gasteiger partial charge in [-0.3, -0.25) is 4.79 Å². The third-order valence-electron chi connectivity index (χ3n) is 4.01. The first kappa shape index (κ1) is 18.0. The molecule has 1 amide bonds. The summed E-state index contributed by atoms with van der Waals surface area (Å²) in [6.45, 7) is 6.94. The zero-order chi connectivity index (χ0) is 14.7. The van der Waals surface area contributed by atoms with E-state index < -0.39 is 0 Å². The van der Waals surface area contributed by atoms with E-state index in [0.717, 1.165) is 5.56 Å². The number of carbonyl (C=O) groups excluding carboxylic acids is 1. The fourth-order valence-corrected chi connectivity index (χ4v) is 2.48. The minimum Gasteiger partial charge on any atom is -0.374 e. The highest BCUT2D eigenvalue weighted by Gasteiger charge is 2.34. The summed E-state index contributed by atoms with van der Waals surface area (Å²) in [5.41, 5.74) is 7.00. The fraction of sp³-hybridized carbons (Fsp3) is 0.562. The van der Waals surface area contributed by atoms with Gasteiger partial charge in [0.15, 0.2) is 0 Å². The molecule has 1 saturated heterocycles. The van der Waals surface area contributed by atoms with Crippen LogP contribution in [-0.4, -0.2) is 36.1 Å². The van der Waals surface area contributed by atoms with Crippen LogP contribution in [0.25, 0.3) is 0 Å². The average Bonchev–Trinajstić information content (AvgIpc) is 2.46. The Morgan fingerprint density at radius 1 is 1.33 bits per heavy atom. The van der Waals surface area contributed by atoms with E-state index >= 15 is 0 Å². The minimum atomic E-state index is -0.175. The maximum absolute atomic E-state index is 12.7. The summed E-state index contributed by atoms with van der Waals surface area (Å²) in [5, 5.41) is 0. The van der Waals surface area contributed by atoms with Crippen LogP contribution < -0.4 is 5.73 Å². The predicted octanol–water partition coefficient (Wildman–Crippen LogP) is 2.38. The van der Waals surface area contributed by atoms with E-state index in [1.807, 2.05) is 56.0 Å². The largest absolute Gasteiger partial charge is 0.374 e. The molecule has 4 unspecified atom stereocenters. The SMILES string of the molecule is CC1CN(C(=O)C(C)C(C)N)C(c2ccccc2)CO1.Cl. The normalized spacial score (nSPS) is 24.9. The molecule has 1 aliphatic heterocycles. The van der Waals surface area contributed by atoms with E-state index in [1.165, 1.54) is 0 Å². The Morgan fingerprint density at radius 3 is 2.52 bits per heavy atom. The number of hydrogen-bond acceptors (Lipinski definition) is 3. The lowest BCUT2D eigenvalue weighted by Crippen LogP contribution is -2.50. The number of hydrogen-bond donors (Lipinski definition) is 1. The van der Waals surface area contributed by atoms with Crippen molar-refractivity contribution in [1.82, 2.24) is 4.90 Å². The molecule has 2 rings (SSSR count). The van der Waals surface area contributed by atoms with Crippen molar-refractivity contribution < 1.29 is 9.53 Å². The van der Waals surface area contributed by atoms with E-state index in [9.17, 15) is 4.79 Å². The van der Waals surface area contributed by atoms with Crippen LogP contribution in [0.4, 0.5) is 0 Å². The van der Waals surface area contributed by atoms with E-state index in [4.69, 9.17) is 10.5 Å². The van der Waals surface area contributed by atoms with E-state index in [0.29, 0.717) is 13.2 Å². The zero-order valence-corrected chi connectivity index (χ0v) is 13.7. The van der Waals surface area contributed by atoms with Crippen LogP contribution in [-0.2, 0) is 9.53 Å². The minimum absolute atomic E-state index is 0. The molecule has 0 saturated carbocycles. The summed E-state index contributed by atoms with van der Waals surface area (Å²) >= 11 is 0. The molecule has 0 spiro atoms. The van der Waals surface area contributed by atoms with Crippen molar-refractivity contribution in [3.63, 3.8) is 0 Å². The lowest BCUT2D eigenvalue weighted by molar-refractivity contribution is -0.149. The number of benzene rings is 1. The summed E-state index contributed by atoms with van der Waals surface area (Å²) in [6.07, 6.45) is 0.0687. The molecule has 2 N–H and O–H groups in total. The lowest BCUT2D eigenvalue weighted by Gasteiger charge is -2.40. The van der Waals surface area contributed by atoms with Crippen LogP contribution in [0, 0.1) is 5.92 Å². The number of carbonyl (C=O) groups is 1. The Morgan fingerprint density at radius 2 is 1.95 bits per heavy atom. The molecule has 0 radical (unpaired) electrons. The van der Waals surface area contributed by atoms with Crippen LogP contribution in [0.1, 0.15) is 32.4 Å². The number of amides is 1. The van der Waals surface area contributed by atoms with Crippen molar-refractivity contribution in [2.24, 2.45) is 11.7 Å². The quantitative estimate of drug-likeness (QED) is 0.932. The summed E-state index contributed by atoms with van der Waals surface area (Å²) in [5.74, 6) is -0.0597. The van der Waals surface area contributed by atoms with Crippen LogP contribution in [0.15, 0.2) is 30.3 Å². The van der Waals surface area contributed by atoms with Gasteiger partial charge in [0, 0.05) is 12.6 Å². The van der Waals surface area contributed by atoms with Gasteiger partial charge in [0.2, 0.25) is 5.91 Å². The van der Waals surface area contributed by atoms with Crippen molar-refractivity contribution in [2.75, 3.05) is 13.2 Å². The predicted molar refractivity (Wildman–Crippen MR) is 86.4 cm³/mol. The summed E-state index contributed by atoms with van der Waals surface area (Å²) in [7, 11) is 0. The van der Waals surface area contributed by atoms with Crippen LogP contribution >= 0.6 is 12.4 Å². The Kier molecular flexibility index (Phi) is 6.65. The molecule has 1 heterocycles. The Labute approximate surface area is 133 Å². The van der Waals surface area contributed by atoms with Crippen molar-refractivity contribution in [3.05, 3.63) is 35.9 Å². The van der Waals surface area contributed by atoms with Crippen molar-refractivity contribution in [3.8, 4) is 0 Å². The number of morpholine rings is 1. The third-order valence-corrected chi connectivity index (χ3v) is 4.01. The molecule has 118 valence electrons. The topological polar surface area (TPSA) is 55.6 Å². The monoisotopic (exact) mass is 312 g/mol.